The summed E-state index contributed by atoms with van der Waals surface area (Å²) < 4.78 is 0. The first-order valence-electron chi connectivity index (χ1n) is 8.21. The Morgan fingerprint density at radius 3 is 2.10 bits per heavy atom. The van der Waals surface area contributed by atoms with Crippen LogP contribution in [0.4, 0.5) is 0 Å². The van der Waals surface area contributed by atoms with Crippen LogP contribution in [0, 0.1) is 24.7 Å². The Morgan fingerprint density at radius 2 is 1.60 bits per heavy atom. The Kier molecular flexibility index (Phi) is 7.05. The van der Waals surface area contributed by atoms with E-state index in [4.69, 9.17) is 0 Å². The van der Waals surface area contributed by atoms with Crippen LogP contribution in [0.1, 0.15) is 64.5 Å². The molecular formula is C20H32. The maximum Gasteiger partial charge on any atom is -0.0190 e. The van der Waals surface area contributed by atoms with E-state index >= 15 is 0 Å². The molecule has 0 nitrogen and oxygen atoms in total. The van der Waals surface area contributed by atoms with Crippen molar-refractivity contribution in [2.45, 2.75) is 60.3 Å². The van der Waals surface area contributed by atoms with Crippen molar-refractivity contribution in [3.63, 3.8) is 0 Å². The van der Waals surface area contributed by atoms with E-state index in [0.717, 1.165) is 11.8 Å². The van der Waals surface area contributed by atoms with Crippen LogP contribution in [0.25, 0.3) is 5.57 Å². The van der Waals surface area contributed by atoms with Crippen LogP contribution in [-0.2, 0) is 0 Å². The topological polar surface area (TPSA) is 0 Å². The Hall–Kier alpha value is -1.04. The van der Waals surface area contributed by atoms with Crippen molar-refractivity contribution in [3.8, 4) is 0 Å². The molecule has 20 heavy (non-hydrogen) atoms. The van der Waals surface area contributed by atoms with E-state index in [9.17, 15) is 0 Å². The van der Waals surface area contributed by atoms with Gasteiger partial charge >= 0.3 is 0 Å². The van der Waals surface area contributed by atoms with Crippen molar-refractivity contribution in [2.24, 2.45) is 17.8 Å². The van der Waals surface area contributed by atoms with E-state index in [1.54, 1.807) is 0 Å². The first kappa shape index (κ1) is 17.0. The molecule has 2 unspecified atom stereocenters. The molecular weight excluding hydrogens is 240 g/mol. The SMILES string of the molecule is C=C(c1ccc(C)cc1)C(C)CCC(CCC)C(C)C. The van der Waals surface area contributed by atoms with Gasteiger partial charge in [-0.25, -0.2) is 0 Å². The fraction of sp³-hybridized carbons (Fsp3) is 0.600. The highest BCUT2D eigenvalue weighted by atomic mass is 14.2. The molecule has 0 amide bonds. The molecule has 0 radical (unpaired) electrons. The molecule has 0 heterocycles. The van der Waals surface area contributed by atoms with E-state index in [1.807, 2.05) is 0 Å². The minimum Gasteiger partial charge on any atom is -0.0950 e. The van der Waals surface area contributed by atoms with Gasteiger partial charge in [0, 0.05) is 0 Å². The molecule has 0 heteroatoms. The Morgan fingerprint density at radius 1 is 1.00 bits per heavy atom. The van der Waals surface area contributed by atoms with E-state index in [1.165, 1.54) is 42.4 Å². The van der Waals surface area contributed by atoms with Crippen molar-refractivity contribution in [1.82, 2.24) is 0 Å². The molecule has 1 aromatic rings. The first-order valence-corrected chi connectivity index (χ1v) is 8.21. The molecule has 0 saturated heterocycles. The van der Waals surface area contributed by atoms with Gasteiger partial charge in [-0.05, 0) is 48.7 Å². The maximum absolute atomic E-state index is 4.32. The Labute approximate surface area is 126 Å². The smallest absolute Gasteiger partial charge is 0.0190 e. The summed E-state index contributed by atoms with van der Waals surface area (Å²) in [7, 11) is 0. The summed E-state index contributed by atoms with van der Waals surface area (Å²) in [5, 5.41) is 0. The average molecular weight is 272 g/mol. The number of benzene rings is 1. The highest BCUT2D eigenvalue weighted by molar-refractivity contribution is 5.65. The fourth-order valence-corrected chi connectivity index (χ4v) is 2.87. The standard InChI is InChI=1S/C20H32/c1-7-8-19(15(2)3)14-11-17(5)18(6)20-12-9-16(4)10-13-20/h9-10,12-13,15,17,19H,6-8,11,14H2,1-5H3. The lowest BCUT2D eigenvalue weighted by molar-refractivity contribution is 0.316. The van der Waals surface area contributed by atoms with Crippen LogP contribution >= 0.6 is 0 Å². The van der Waals surface area contributed by atoms with Gasteiger partial charge in [0.1, 0.15) is 0 Å². The second-order valence-electron chi connectivity index (χ2n) is 6.66. The minimum atomic E-state index is 0.579. The summed E-state index contributed by atoms with van der Waals surface area (Å²) in [5.74, 6) is 2.25. The predicted octanol–water partition coefficient (Wildman–Crippen LogP) is 6.50. The van der Waals surface area contributed by atoms with Gasteiger partial charge in [-0.15, -0.1) is 0 Å². The van der Waals surface area contributed by atoms with Crippen LogP contribution in [-0.4, -0.2) is 0 Å². The van der Waals surface area contributed by atoms with Crippen molar-refractivity contribution in [1.29, 1.82) is 0 Å². The molecule has 1 rings (SSSR count). The zero-order valence-corrected chi connectivity index (χ0v) is 14.1. The maximum atomic E-state index is 4.32. The average Bonchev–Trinajstić information content (AvgIpc) is 2.42. The minimum absolute atomic E-state index is 0.579. The number of hydrogen-bond acceptors (Lipinski definition) is 0. The Bertz CT molecular complexity index is 397. The van der Waals surface area contributed by atoms with Crippen molar-refractivity contribution >= 4 is 5.57 Å². The van der Waals surface area contributed by atoms with Crippen LogP contribution in [0.2, 0.25) is 0 Å². The number of aryl methyl sites for hydroxylation is 1. The Balaban J connectivity index is 2.55. The second kappa shape index (κ2) is 8.29. The zero-order valence-electron chi connectivity index (χ0n) is 14.1. The van der Waals surface area contributed by atoms with Gasteiger partial charge in [-0.3, -0.25) is 0 Å². The van der Waals surface area contributed by atoms with Gasteiger partial charge in [0.25, 0.3) is 0 Å². The number of allylic oxidation sites excluding steroid dienone is 1. The molecule has 0 N–H and O–H groups in total. The van der Waals surface area contributed by atoms with Gasteiger partial charge in [-0.2, -0.15) is 0 Å². The second-order valence-corrected chi connectivity index (χ2v) is 6.66. The zero-order chi connectivity index (χ0) is 15.1. The van der Waals surface area contributed by atoms with Crippen LogP contribution in [0.3, 0.4) is 0 Å². The van der Waals surface area contributed by atoms with Crippen LogP contribution < -0.4 is 0 Å². The lowest BCUT2D eigenvalue weighted by Crippen LogP contribution is -2.10. The molecule has 0 aliphatic carbocycles. The van der Waals surface area contributed by atoms with E-state index in [2.05, 4.69) is 65.5 Å². The summed E-state index contributed by atoms with van der Waals surface area (Å²) in [4.78, 5) is 0. The van der Waals surface area contributed by atoms with Crippen LogP contribution in [0.5, 0.6) is 0 Å². The molecule has 2 atom stereocenters. The molecule has 0 fully saturated rings. The summed E-state index contributed by atoms with van der Waals surface area (Å²) in [5.41, 5.74) is 3.92. The van der Waals surface area contributed by atoms with Crippen molar-refractivity contribution < 1.29 is 0 Å². The van der Waals surface area contributed by atoms with Crippen molar-refractivity contribution in [3.05, 3.63) is 42.0 Å². The molecule has 0 aliphatic heterocycles. The van der Waals surface area contributed by atoms with E-state index in [0.29, 0.717) is 5.92 Å². The fourth-order valence-electron chi connectivity index (χ4n) is 2.87. The highest BCUT2D eigenvalue weighted by Gasteiger charge is 2.15. The van der Waals surface area contributed by atoms with Crippen molar-refractivity contribution in [2.75, 3.05) is 0 Å². The predicted molar refractivity (Wildman–Crippen MR) is 91.8 cm³/mol. The first-order chi connectivity index (χ1) is 9.45. The summed E-state index contributed by atoms with van der Waals surface area (Å²) in [6.07, 6.45) is 5.25. The lowest BCUT2D eigenvalue weighted by Gasteiger charge is -2.23. The quantitative estimate of drug-likeness (QED) is 0.507. The molecule has 112 valence electrons. The third-order valence-electron chi connectivity index (χ3n) is 4.59. The monoisotopic (exact) mass is 272 g/mol. The molecule has 1 aromatic carbocycles. The lowest BCUT2D eigenvalue weighted by atomic mass is 9.83. The van der Waals surface area contributed by atoms with Crippen LogP contribution in [0.15, 0.2) is 30.8 Å². The van der Waals surface area contributed by atoms with Gasteiger partial charge in [0.05, 0.1) is 0 Å². The van der Waals surface area contributed by atoms with E-state index in [-0.39, 0.29) is 0 Å². The van der Waals surface area contributed by atoms with Gasteiger partial charge < -0.3 is 0 Å². The molecule has 0 bridgehead atoms. The molecule has 0 spiro atoms. The van der Waals surface area contributed by atoms with Gasteiger partial charge in [0.15, 0.2) is 0 Å². The molecule has 0 aliphatic rings. The summed E-state index contributed by atoms with van der Waals surface area (Å²) in [6, 6.07) is 8.78. The normalized spacial score (nSPS) is 14.3. The number of hydrogen-bond donors (Lipinski definition) is 0. The highest BCUT2D eigenvalue weighted by Crippen LogP contribution is 2.30. The number of rotatable bonds is 8. The largest absolute Gasteiger partial charge is 0.0950 e. The van der Waals surface area contributed by atoms with Gasteiger partial charge in [0.2, 0.25) is 0 Å². The summed E-state index contributed by atoms with van der Waals surface area (Å²) in [6.45, 7) is 15.8. The molecule has 0 aromatic heterocycles. The van der Waals surface area contributed by atoms with E-state index < -0.39 is 0 Å². The third-order valence-corrected chi connectivity index (χ3v) is 4.59. The molecule has 0 saturated carbocycles. The third kappa shape index (κ3) is 5.15. The summed E-state index contributed by atoms with van der Waals surface area (Å²) >= 11 is 0. The van der Waals surface area contributed by atoms with Gasteiger partial charge in [-0.1, -0.05) is 76.9 Å².